The van der Waals surface area contributed by atoms with Crippen molar-refractivity contribution in [2.75, 3.05) is 16.5 Å². The third kappa shape index (κ3) is 3.35. The Morgan fingerprint density at radius 2 is 2.04 bits per heavy atom. The van der Waals surface area contributed by atoms with Gasteiger partial charge < -0.3 is 4.74 Å². The first kappa shape index (κ1) is 17.1. The van der Waals surface area contributed by atoms with Crippen LogP contribution in [0.25, 0.3) is 0 Å². The summed E-state index contributed by atoms with van der Waals surface area (Å²) in [5.74, 6) is -0.632. The van der Waals surface area contributed by atoms with E-state index < -0.39 is 12.0 Å². The largest absolute Gasteiger partial charge is 0.444 e. The third-order valence-electron chi connectivity index (χ3n) is 4.50. The molecule has 2 aromatic rings. The molecule has 2 heterocycles. The van der Waals surface area contributed by atoms with E-state index in [4.69, 9.17) is 9.94 Å². The number of benzene rings is 2. The molecule has 3 N–H and O–H groups in total. The number of hydroxylamine groups is 1. The fraction of sp³-hybridized carbons (Fsp3) is 0.158. The van der Waals surface area contributed by atoms with Crippen LogP contribution in [0.4, 0.5) is 16.2 Å². The standard InChI is InChI=1S/C19H18N4O4/c24-18(21-26)14-4-5-15-12-27-19(25)22(17(15)10-14)11-13-2-6-16(7-3-13)23-9-1-8-20-23/h1-7,9-10,20,26H,8,11-12H2,(H,21,24). The summed E-state index contributed by atoms with van der Waals surface area (Å²) in [7, 11) is 0. The van der Waals surface area contributed by atoms with Crippen LogP contribution in [0.2, 0.25) is 0 Å². The highest BCUT2D eigenvalue weighted by Gasteiger charge is 2.27. The quantitative estimate of drug-likeness (QED) is 0.568. The van der Waals surface area contributed by atoms with Gasteiger partial charge in [-0.1, -0.05) is 24.3 Å². The second kappa shape index (κ2) is 7.10. The number of carbonyl (C=O) groups is 2. The lowest BCUT2D eigenvalue weighted by Gasteiger charge is -2.29. The topological polar surface area (TPSA) is 94.1 Å². The van der Waals surface area contributed by atoms with Crippen LogP contribution < -0.4 is 20.8 Å². The van der Waals surface area contributed by atoms with Crippen molar-refractivity contribution in [1.29, 1.82) is 0 Å². The van der Waals surface area contributed by atoms with E-state index in [1.54, 1.807) is 23.7 Å². The number of nitrogens with zero attached hydrogens (tertiary/aromatic N) is 2. The highest BCUT2D eigenvalue weighted by molar-refractivity contribution is 5.97. The first-order valence-electron chi connectivity index (χ1n) is 8.46. The maximum Gasteiger partial charge on any atom is 0.414 e. The summed E-state index contributed by atoms with van der Waals surface area (Å²) in [6.07, 6.45) is 3.51. The van der Waals surface area contributed by atoms with Crippen molar-refractivity contribution in [1.82, 2.24) is 10.9 Å². The molecule has 0 spiro atoms. The van der Waals surface area contributed by atoms with Gasteiger partial charge in [0, 0.05) is 23.9 Å². The van der Waals surface area contributed by atoms with E-state index in [0.29, 0.717) is 12.2 Å². The molecular weight excluding hydrogens is 348 g/mol. The second-order valence-electron chi connectivity index (χ2n) is 6.21. The molecule has 2 aliphatic heterocycles. The van der Waals surface area contributed by atoms with Gasteiger partial charge in [-0.3, -0.25) is 19.9 Å². The van der Waals surface area contributed by atoms with Gasteiger partial charge in [0.15, 0.2) is 0 Å². The molecule has 0 aliphatic carbocycles. The van der Waals surface area contributed by atoms with E-state index in [1.807, 2.05) is 41.6 Å². The Morgan fingerprint density at radius 1 is 1.22 bits per heavy atom. The van der Waals surface area contributed by atoms with Gasteiger partial charge in [0.25, 0.3) is 5.91 Å². The van der Waals surface area contributed by atoms with Crippen LogP contribution in [-0.2, 0) is 17.9 Å². The van der Waals surface area contributed by atoms with E-state index in [9.17, 15) is 9.59 Å². The van der Waals surface area contributed by atoms with Crippen LogP contribution in [0.3, 0.4) is 0 Å². The smallest absolute Gasteiger partial charge is 0.414 e. The Bertz CT molecular complexity index is 910. The number of hydrazine groups is 1. The van der Waals surface area contributed by atoms with Gasteiger partial charge in [0.05, 0.1) is 17.9 Å². The van der Waals surface area contributed by atoms with Crippen molar-refractivity contribution in [2.24, 2.45) is 0 Å². The van der Waals surface area contributed by atoms with Crippen LogP contribution in [0.15, 0.2) is 54.7 Å². The number of nitrogens with one attached hydrogen (secondary N) is 2. The van der Waals surface area contributed by atoms with Crippen molar-refractivity contribution in [2.45, 2.75) is 13.2 Å². The summed E-state index contributed by atoms with van der Waals surface area (Å²) in [6.45, 7) is 1.25. The fourth-order valence-electron chi connectivity index (χ4n) is 3.09. The summed E-state index contributed by atoms with van der Waals surface area (Å²) < 4.78 is 5.23. The van der Waals surface area contributed by atoms with Crippen molar-refractivity contribution in [3.05, 3.63) is 71.4 Å². The molecular formula is C19H18N4O4. The Labute approximate surface area is 155 Å². The SMILES string of the molecule is O=C(NO)c1ccc2c(c1)N(Cc1ccc(N3C=CCN3)cc1)C(=O)OC2. The maximum atomic E-state index is 12.3. The number of anilines is 2. The molecule has 0 saturated heterocycles. The monoisotopic (exact) mass is 366 g/mol. The van der Waals surface area contributed by atoms with Gasteiger partial charge in [-0.15, -0.1) is 0 Å². The average molecular weight is 366 g/mol. The number of fused-ring (bicyclic) bond motifs is 1. The molecule has 8 nitrogen and oxygen atoms in total. The van der Waals surface area contributed by atoms with E-state index >= 15 is 0 Å². The Hall–Kier alpha value is -3.36. The van der Waals surface area contributed by atoms with Crippen molar-refractivity contribution >= 4 is 23.4 Å². The minimum absolute atomic E-state index is 0.150. The van der Waals surface area contributed by atoms with E-state index in [2.05, 4.69) is 5.43 Å². The van der Waals surface area contributed by atoms with Crippen LogP contribution in [0.5, 0.6) is 0 Å². The molecule has 0 unspecified atom stereocenters. The summed E-state index contributed by atoms with van der Waals surface area (Å²) >= 11 is 0. The average Bonchev–Trinajstić information content (AvgIpc) is 3.24. The number of carbonyl (C=O) groups excluding carboxylic acids is 2. The normalized spacial score (nSPS) is 15.5. The fourth-order valence-corrected chi connectivity index (χ4v) is 3.09. The zero-order valence-corrected chi connectivity index (χ0v) is 14.4. The van der Waals surface area contributed by atoms with Gasteiger partial charge in [-0.25, -0.2) is 15.7 Å². The highest BCUT2D eigenvalue weighted by atomic mass is 16.6. The lowest BCUT2D eigenvalue weighted by molar-refractivity contribution is 0.0706. The number of hydrogen-bond acceptors (Lipinski definition) is 6. The summed E-state index contributed by atoms with van der Waals surface area (Å²) in [5, 5.41) is 10.8. The molecule has 0 saturated carbocycles. The van der Waals surface area contributed by atoms with Crippen LogP contribution in [-0.4, -0.2) is 23.8 Å². The zero-order chi connectivity index (χ0) is 18.8. The highest BCUT2D eigenvalue weighted by Crippen LogP contribution is 2.30. The Morgan fingerprint density at radius 3 is 2.74 bits per heavy atom. The molecule has 0 bridgehead atoms. The van der Waals surface area contributed by atoms with Gasteiger partial charge in [0.2, 0.25) is 0 Å². The third-order valence-corrected chi connectivity index (χ3v) is 4.50. The van der Waals surface area contributed by atoms with Crippen molar-refractivity contribution in [3.8, 4) is 0 Å². The van der Waals surface area contributed by atoms with Gasteiger partial charge >= 0.3 is 6.09 Å². The first-order valence-corrected chi connectivity index (χ1v) is 8.46. The summed E-state index contributed by atoms with van der Waals surface area (Å²) in [6, 6.07) is 12.7. The molecule has 2 amide bonds. The molecule has 0 radical (unpaired) electrons. The molecule has 138 valence electrons. The molecule has 27 heavy (non-hydrogen) atoms. The Kier molecular flexibility index (Phi) is 4.49. The van der Waals surface area contributed by atoms with Gasteiger partial charge in [-0.2, -0.15) is 0 Å². The molecule has 0 aromatic heterocycles. The van der Waals surface area contributed by atoms with Crippen molar-refractivity contribution < 1.29 is 19.5 Å². The summed E-state index contributed by atoms with van der Waals surface area (Å²) in [5.41, 5.74) is 8.38. The number of cyclic esters (lactones) is 1. The molecule has 0 atom stereocenters. The lowest BCUT2D eigenvalue weighted by Crippen LogP contribution is -2.35. The number of rotatable bonds is 4. The van der Waals surface area contributed by atoms with E-state index in [1.165, 1.54) is 4.90 Å². The van der Waals surface area contributed by atoms with Gasteiger partial charge in [0.1, 0.15) is 6.61 Å². The maximum absolute atomic E-state index is 12.3. The minimum atomic E-state index is -0.632. The van der Waals surface area contributed by atoms with E-state index in [-0.39, 0.29) is 12.2 Å². The number of amides is 2. The predicted octanol–water partition coefficient (Wildman–Crippen LogP) is 2.30. The zero-order valence-electron chi connectivity index (χ0n) is 14.4. The predicted molar refractivity (Wildman–Crippen MR) is 98.1 cm³/mol. The molecule has 2 aliphatic rings. The van der Waals surface area contributed by atoms with Crippen molar-refractivity contribution in [3.63, 3.8) is 0 Å². The molecule has 0 fully saturated rings. The van der Waals surface area contributed by atoms with E-state index in [0.717, 1.165) is 23.4 Å². The number of ether oxygens (including phenoxy) is 1. The van der Waals surface area contributed by atoms with Gasteiger partial charge in [-0.05, 0) is 29.8 Å². The summed E-state index contributed by atoms with van der Waals surface area (Å²) in [4.78, 5) is 25.5. The Balaban J connectivity index is 1.59. The molecule has 2 aromatic carbocycles. The van der Waals surface area contributed by atoms with Crippen LogP contribution in [0, 0.1) is 0 Å². The molecule has 8 heteroatoms. The second-order valence-corrected chi connectivity index (χ2v) is 6.21. The van der Waals surface area contributed by atoms with Crippen LogP contribution in [0.1, 0.15) is 21.5 Å². The molecule has 4 rings (SSSR count). The van der Waals surface area contributed by atoms with Crippen LogP contribution >= 0.6 is 0 Å². The minimum Gasteiger partial charge on any atom is -0.444 e. The number of hydrogen-bond donors (Lipinski definition) is 3. The lowest BCUT2D eigenvalue weighted by atomic mass is 10.1. The first-order chi connectivity index (χ1) is 13.2.